The van der Waals surface area contributed by atoms with Crippen LogP contribution in [0.1, 0.15) is 11.3 Å². The molecule has 0 saturated carbocycles. The number of ether oxygens (including phenoxy) is 1. The molecule has 2 rings (SSSR count). The second-order valence-corrected chi connectivity index (χ2v) is 6.50. The topological polar surface area (TPSA) is 32.8 Å². The van der Waals surface area contributed by atoms with Gasteiger partial charge in [-0.1, -0.05) is 6.07 Å². The summed E-state index contributed by atoms with van der Waals surface area (Å²) in [6.07, 6.45) is -3.32. The van der Waals surface area contributed by atoms with E-state index in [0.717, 1.165) is 26.1 Å². The largest absolute Gasteiger partial charge is 0.411 e. The number of nitrogens with zero attached hydrogens (tertiary/aromatic N) is 2. The Morgan fingerprint density at radius 3 is 2.61 bits per heavy atom. The first-order valence-electron chi connectivity index (χ1n) is 7.61. The lowest BCUT2D eigenvalue weighted by atomic mass is 10.2. The van der Waals surface area contributed by atoms with Gasteiger partial charge in [0.2, 0.25) is 5.91 Å². The first kappa shape index (κ1) is 18.2. The molecular formula is C15H21F3N2O2S. The molecule has 0 aliphatic carbocycles. The van der Waals surface area contributed by atoms with Crippen LogP contribution in [0.4, 0.5) is 13.2 Å². The van der Waals surface area contributed by atoms with E-state index in [4.69, 9.17) is 0 Å². The highest BCUT2D eigenvalue weighted by Crippen LogP contribution is 2.15. The second kappa shape index (κ2) is 8.65. The van der Waals surface area contributed by atoms with Crippen LogP contribution in [-0.2, 0) is 16.0 Å². The predicted molar refractivity (Wildman–Crippen MR) is 82.5 cm³/mol. The van der Waals surface area contributed by atoms with E-state index in [-0.39, 0.29) is 18.9 Å². The Hall–Kier alpha value is -1.12. The summed E-state index contributed by atoms with van der Waals surface area (Å²) in [6.45, 7) is 2.36. The van der Waals surface area contributed by atoms with Crippen molar-refractivity contribution >= 4 is 17.2 Å². The summed E-state index contributed by atoms with van der Waals surface area (Å²) in [5.41, 5.74) is 0. The van der Waals surface area contributed by atoms with Crippen LogP contribution in [0.15, 0.2) is 17.5 Å². The Morgan fingerprint density at radius 1 is 1.26 bits per heavy atom. The predicted octanol–water partition coefficient (Wildman–Crippen LogP) is 2.40. The third kappa shape index (κ3) is 6.88. The minimum atomic E-state index is -4.34. The van der Waals surface area contributed by atoms with E-state index in [0.29, 0.717) is 13.1 Å². The van der Waals surface area contributed by atoms with Crippen molar-refractivity contribution in [2.45, 2.75) is 19.0 Å². The summed E-state index contributed by atoms with van der Waals surface area (Å²) in [6, 6.07) is 4.16. The molecule has 0 atom stereocenters. The Kier molecular flexibility index (Phi) is 6.86. The summed E-state index contributed by atoms with van der Waals surface area (Å²) >= 11 is 1.74. The summed E-state index contributed by atoms with van der Waals surface area (Å²) in [4.78, 5) is 17.3. The number of hydrogen-bond donors (Lipinski definition) is 0. The highest BCUT2D eigenvalue weighted by atomic mass is 32.1. The van der Waals surface area contributed by atoms with E-state index < -0.39 is 12.8 Å². The molecule has 0 bridgehead atoms. The van der Waals surface area contributed by atoms with Gasteiger partial charge in [0, 0.05) is 37.6 Å². The van der Waals surface area contributed by atoms with Crippen LogP contribution in [0.5, 0.6) is 0 Å². The van der Waals surface area contributed by atoms with Gasteiger partial charge < -0.3 is 9.64 Å². The zero-order chi connectivity index (χ0) is 16.7. The first-order chi connectivity index (χ1) is 10.9. The molecule has 0 unspecified atom stereocenters. The van der Waals surface area contributed by atoms with Crippen molar-refractivity contribution in [1.29, 1.82) is 0 Å². The molecule has 130 valence electrons. The van der Waals surface area contributed by atoms with Crippen LogP contribution in [0, 0.1) is 0 Å². The zero-order valence-corrected chi connectivity index (χ0v) is 13.7. The number of thiophene rings is 1. The number of halogens is 3. The number of carbonyl (C=O) groups is 1. The Balaban J connectivity index is 1.59. The van der Waals surface area contributed by atoms with Crippen LogP contribution in [-0.4, -0.2) is 67.8 Å². The second-order valence-electron chi connectivity index (χ2n) is 5.47. The van der Waals surface area contributed by atoms with Crippen molar-refractivity contribution in [3.8, 4) is 0 Å². The van der Waals surface area contributed by atoms with Crippen molar-refractivity contribution in [3.05, 3.63) is 22.4 Å². The number of rotatable bonds is 7. The van der Waals surface area contributed by atoms with E-state index in [1.165, 1.54) is 4.88 Å². The maximum absolute atomic E-state index is 11.9. The molecule has 0 N–H and O–H groups in total. The number of hydrogen-bond acceptors (Lipinski definition) is 4. The van der Waals surface area contributed by atoms with Crippen molar-refractivity contribution < 1.29 is 22.7 Å². The smallest absolute Gasteiger partial charge is 0.372 e. The average Bonchev–Trinajstić information content (AvgIpc) is 3.02. The maximum Gasteiger partial charge on any atom is 0.411 e. The molecule has 8 heteroatoms. The van der Waals surface area contributed by atoms with E-state index in [9.17, 15) is 18.0 Å². The lowest BCUT2D eigenvalue weighted by Crippen LogP contribution is -2.49. The summed E-state index contributed by atoms with van der Waals surface area (Å²) in [5, 5.41) is 2.06. The number of piperazine rings is 1. The molecule has 23 heavy (non-hydrogen) atoms. The Morgan fingerprint density at radius 2 is 2.00 bits per heavy atom. The molecule has 1 fully saturated rings. The Labute approximate surface area is 137 Å². The number of carbonyl (C=O) groups excluding carboxylic acids is 1. The maximum atomic E-state index is 11.9. The lowest BCUT2D eigenvalue weighted by Gasteiger charge is -2.34. The van der Waals surface area contributed by atoms with Crippen LogP contribution < -0.4 is 0 Å². The Bertz CT molecular complexity index is 472. The highest BCUT2D eigenvalue weighted by Gasteiger charge is 2.27. The van der Waals surface area contributed by atoms with Gasteiger partial charge in [-0.2, -0.15) is 13.2 Å². The van der Waals surface area contributed by atoms with E-state index in [1.807, 2.05) is 6.07 Å². The molecular weight excluding hydrogens is 329 g/mol. The lowest BCUT2D eigenvalue weighted by molar-refractivity contribution is -0.175. The zero-order valence-electron chi connectivity index (χ0n) is 12.8. The fraction of sp³-hybridized carbons (Fsp3) is 0.667. The minimum absolute atomic E-state index is 0.00523. The molecule has 0 radical (unpaired) electrons. The normalized spacial score (nSPS) is 16.7. The fourth-order valence-electron chi connectivity index (χ4n) is 2.45. The monoisotopic (exact) mass is 350 g/mol. The highest BCUT2D eigenvalue weighted by molar-refractivity contribution is 7.09. The van der Waals surface area contributed by atoms with Gasteiger partial charge in [0.15, 0.2) is 0 Å². The van der Waals surface area contributed by atoms with E-state index >= 15 is 0 Å². The molecule has 1 saturated heterocycles. The van der Waals surface area contributed by atoms with Gasteiger partial charge in [-0.05, 0) is 17.9 Å². The molecule has 0 spiro atoms. The molecule has 1 amide bonds. The minimum Gasteiger partial charge on any atom is -0.372 e. The van der Waals surface area contributed by atoms with Gasteiger partial charge in [0.1, 0.15) is 6.61 Å². The van der Waals surface area contributed by atoms with Crippen molar-refractivity contribution in [2.75, 3.05) is 45.9 Å². The first-order valence-corrected chi connectivity index (χ1v) is 8.49. The average molecular weight is 350 g/mol. The summed E-state index contributed by atoms with van der Waals surface area (Å²) in [5.74, 6) is -0.134. The van der Waals surface area contributed by atoms with E-state index in [1.54, 1.807) is 16.2 Å². The quantitative estimate of drug-likeness (QED) is 0.708. The van der Waals surface area contributed by atoms with Gasteiger partial charge >= 0.3 is 6.18 Å². The van der Waals surface area contributed by atoms with Crippen LogP contribution in [0.2, 0.25) is 0 Å². The van der Waals surface area contributed by atoms with Gasteiger partial charge in [0.25, 0.3) is 0 Å². The molecule has 4 nitrogen and oxygen atoms in total. The van der Waals surface area contributed by atoms with Crippen LogP contribution in [0.3, 0.4) is 0 Å². The molecule has 1 aromatic heterocycles. The number of amides is 1. The van der Waals surface area contributed by atoms with Crippen LogP contribution >= 0.6 is 11.3 Å². The third-order valence-electron chi connectivity index (χ3n) is 3.71. The van der Waals surface area contributed by atoms with Gasteiger partial charge in [-0.15, -0.1) is 11.3 Å². The van der Waals surface area contributed by atoms with Crippen molar-refractivity contribution in [3.63, 3.8) is 0 Å². The van der Waals surface area contributed by atoms with Gasteiger partial charge in [-0.3, -0.25) is 9.69 Å². The standard InChI is InChI=1S/C15H21F3N2O2S/c16-15(17,18)12-22-10-4-14(21)20-8-6-19(7-9-20)5-3-13-2-1-11-23-13/h1-2,11H,3-10,12H2. The van der Waals surface area contributed by atoms with Crippen LogP contribution in [0.25, 0.3) is 0 Å². The van der Waals surface area contributed by atoms with Gasteiger partial charge in [-0.25, -0.2) is 0 Å². The SMILES string of the molecule is O=C(CCOCC(F)(F)F)N1CCN(CCc2cccs2)CC1. The number of alkyl halides is 3. The molecule has 1 aliphatic heterocycles. The summed E-state index contributed by atoms with van der Waals surface area (Å²) in [7, 11) is 0. The fourth-order valence-corrected chi connectivity index (χ4v) is 3.15. The molecule has 2 heterocycles. The van der Waals surface area contributed by atoms with Gasteiger partial charge in [0.05, 0.1) is 13.0 Å². The van der Waals surface area contributed by atoms with Crippen molar-refractivity contribution in [1.82, 2.24) is 9.80 Å². The van der Waals surface area contributed by atoms with Crippen molar-refractivity contribution in [2.24, 2.45) is 0 Å². The molecule has 0 aromatic carbocycles. The molecule has 1 aliphatic rings. The third-order valence-corrected chi connectivity index (χ3v) is 4.64. The summed E-state index contributed by atoms with van der Waals surface area (Å²) < 4.78 is 40.3. The van der Waals surface area contributed by atoms with E-state index in [2.05, 4.69) is 21.1 Å². The molecule has 1 aromatic rings.